The molecule has 2 aromatic rings. The fourth-order valence-electron chi connectivity index (χ4n) is 2.37. The van der Waals surface area contributed by atoms with Gasteiger partial charge in [-0.25, -0.2) is 4.98 Å². The summed E-state index contributed by atoms with van der Waals surface area (Å²) in [6.45, 7) is 2.36. The molecule has 1 fully saturated rings. The number of nitrogens with zero attached hydrogens (tertiary/aromatic N) is 1. The number of pyridine rings is 1. The maximum atomic E-state index is 6.12. The first-order valence-corrected chi connectivity index (χ1v) is 7.93. The van der Waals surface area contributed by atoms with Gasteiger partial charge in [-0.05, 0) is 30.7 Å². The van der Waals surface area contributed by atoms with Crippen LogP contribution in [0.3, 0.4) is 0 Å². The van der Waals surface area contributed by atoms with Crippen molar-refractivity contribution in [3.05, 3.63) is 53.2 Å². The molecule has 1 aromatic heterocycles. The lowest BCUT2D eigenvalue weighted by Gasteiger charge is -2.20. The van der Waals surface area contributed by atoms with E-state index in [1.54, 1.807) is 25.1 Å². The predicted octanol–water partition coefficient (Wildman–Crippen LogP) is 5.34. The van der Waals surface area contributed by atoms with Crippen LogP contribution in [-0.4, -0.2) is 15.9 Å². The van der Waals surface area contributed by atoms with E-state index in [1.807, 2.05) is 24.3 Å². The number of rotatable bonds is 5. The lowest BCUT2D eigenvalue weighted by Crippen LogP contribution is -2.20. The van der Waals surface area contributed by atoms with Gasteiger partial charge < -0.3 is 9.47 Å². The largest absolute Gasteiger partial charge is 0.439 e. The van der Waals surface area contributed by atoms with Gasteiger partial charge in [0.2, 0.25) is 5.88 Å². The third-order valence-electron chi connectivity index (χ3n) is 3.36. The van der Waals surface area contributed by atoms with Gasteiger partial charge in [-0.2, -0.15) is 0 Å². The molecule has 1 aliphatic rings. The summed E-state index contributed by atoms with van der Waals surface area (Å²) >= 11 is 18.1. The normalized spacial score (nSPS) is 20.7. The zero-order valence-electron chi connectivity index (χ0n) is 11.9. The van der Waals surface area contributed by atoms with Crippen molar-refractivity contribution < 1.29 is 9.47 Å². The van der Waals surface area contributed by atoms with Crippen molar-refractivity contribution in [3.8, 4) is 11.6 Å². The van der Waals surface area contributed by atoms with Crippen LogP contribution in [0.1, 0.15) is 18.9 Å². The Labute approximate surface area is 144 Å². The second-order valence-electron chi connectivity index (χ2n) is 5.46. The van der Waals surface area contributed by atoms with Crippen LogP contribution < -0.4 is 4.74 Å². The highest BCUT2D eigenvalue weighted by Crippen LogP contribution is 2.48. The van der Waals surface area contributed by atoms with Crippen molar-refractivity contribution in [2.24, 2.45) is 0 Å². The maximum Gasteiger partial charge on any atom is 0.220 e. The smallest absolute Gasteiger partial charge is 0.220 e. The van der Waals surface area contributed by atoms with Crippen LogP contribution in [0, 0.1) is 0 Å². The number of aromatic nitrogens is 1. The number of benzene rings is 1. The minimum Gasteiger partial charge on any atom is -0.439 e. The lowest BCUT2D eigenvalue weighted by molar-refractivity contribution is 0.286. The van der Waals surface area contributed by atoms with Crippen molar-refractivity contribution in [1.29, 1.82) is 0 Å². The standard InChI is InChI=1S/C16H14Cl3NO2/c1-15(18,19)9-16(10-21-16)11-4-2-5-12(8-11)22-14-7-3-6-13(17)20-14/h2-8H,9-10H2,1H3. The number of alkyl halides is 2. The Kier molecular flexibility index (Phi) is 4.25. The summed E-state index contributed by atoms with van der Waals surface area (Å²) in [5.74, 6) is 1.10. The minimum absolute atomic E-state index is 0.385. The van der Waals surface area contributed by atoms with E-state index in [1.165, 1.54) is 0 Å². The van der Waals surface area contributed by atoms with Crippen molar-refractivity contribution in [2.75, 3.05) is 6.61 Å². The van der Waals surface area contributed by atoms with E-state index in [-0.39, 0.29) is 0 Å². The topological polar surface area (TPSA) is 34.6 Å². The number of halogens is 3. The van der Waals surface area contributed by atoms with Gasteiger partial charge >= 0.3 is 0 Å². The number of epoxide rings is 1. The number of ether oxygens (including phenoxy) is 2. The molecule has 1 saturated heterocycles. The summed E-state index contributed by atoms with van der Waals surface area (Å²) in [5.41, 5.74) is 0.555. The van der Waals surface area contributed by atoms with Gasteiger partial charge in [-0.1, -0.05) is 29.8 Å². The third-order valence-corrected chi connectivity index (χ3v) is 3.84. The Morgan fingerprint density at radius 1 is 1.27 bits per heavy atom. The highest BCUT2D eigenvalue weighted by atomic mass is 35.5. The van der Waals surface area contributed by atoms with Crippen LogP contribution in [-0.2, 0) is 10.3 Å². The Morgan fingerprint density at radius 2 is 2.00 bits per heavy atom. The van der Waals surface area contributed by atoms with Crippen LogP contribution in [0.25, 0.3) is 0 Å². The molecule has 116 valence electrons. The van der Waals surface area contributed by atoms with E-state index in [0.29, 0.717) is 29.8 Å². The monoisotopic (exact) mass is 357 g/mol. The third kappa shape index (κ3) is 3.85. The quantitative estimate of drug-likeness (QED) is 0.411. The summed E-state index contributed by atoms with van der Waals surface area (Å²) in [7, 11) is 0. The summed E-state index contributed by atoms with van der Waals surface area (Å²) in [6, 6.07) is 12.9. The zero-order chi connectivity index (χ0) is 15.8. The maximum absolute atomic E-state index is 6.12. The summed E-state index contributed by atoms with van der Waals surface area (Å²) in [6.07, 6.45) is 0.516. The first-order valence-electron chi connectivity index (χ1n) is 6.79. The van der Waals surface area contributed by atoms with E-state index in [2.05, 4.69) is 4.98 Å². The summed E-state index contributed by atoms with van der Waals surface area (Å²) < 4.78 is 10.5. The van der Waals surface area contributed by atoms with Crippen molar-refractivity contribution >= 4 is 34.8 Å². The van der Waals surface area contributed by atoms with E-state index in [0.717, 1.165) is 5.56 Å². The predicted molar refractivity (Wildman–Crippen MR) is 88.1 cm³/mol. The SMILES string of the molecule is CC(Cl)(Cl)CC1(c2cccc(Oc3cccc(Cl)n3)c2)CO1. The van der Waals surface area contributed by atoms with Gasteiger partial charge in [-0.3, -0.25) is 0 Å². The molecule has 0 radical (unpaired) electrons. The summed E-state index contributed by atoms with van der Waals surface area (Å²) in [5, 5.41) is 0.385. The van der Waals surface area contributed by atoms with Crippen molar-refractivity contribution in [2.45, 2.75) is 23.3 Å². The highest BCUT2D eigenvalue weighted by Gasteiger charge is 2.50. The van der Waals surface area contributed by atoms with E-state index >= 15 is 0 Å². The lowest BCUT2D eigenvalue weighted by atomic mass is 9.94. The second-order valence-corrected chi connectivity index (χ2v) is 7.71. The van der Waals surface area contributed by atoms with Crippen LogP contribution in [0.2, 0.25) is 5.15 Å². The molecule has 3 nitrogen and oxygen atoms in total. The molecule has 22 heavy (non-hydrogen) atoms. The molecule has 1 atom stereocenters. The average molecular weight is 359 g/mol. The molecule has 0 aliphatic carbocycles. The van der Waals surface area contributed by atoms with Gasteiger partial charge in [0.25, 0.3) is 0 Å². The second kappa shape index (κ2) is 5.89. The number of hydrogen-bond donors (Lipinski definition) is 0. The molecule has 0 N–H and O–H groups in total. The first-order chi connectivity index (χ1) is 10.4. The Morgan fingerprint density at radius 3 is 2.64 bits per heavy atom. The Hall–Kier alpha value is -1.00. The van der Waals surface area contributed by atoms with Gasteiger partial charge in [0.1, 0.15) is 20.8 Å². The molecular weight excluding hydrogens is 345 g/mol. The molecule has 0 saturated carbocycles. The Balaban J connectivity index is 1.81. The van der Waals surface area contributed by atoms with Gasteiger partial charge in [0.15, 0.2) is 0 Å². The van der Waals surface area contributed by atoms with Crippen LogP contribution in [0.15, 0.2) is 42.5 Å². The fraction of sp³-hybridized carbons (Fsp3) is 0.312. The zero-order valence-corrected chi connectivity index (χ0v) is 14.1. The Bertz CT molecular complexity index is 681. The fourth-order valence-corrected chi connectivity index (χ4v) is 2.96. The molecule has 1 unspecified atom stereocenters. The molecule has 1 aliphatic heterocycles. The van der Waals surface area contributed by atoms with E-state index in [4.69, 9.17) is 44.3 Å². The van der Waals surface area contributed by atoms with Crippen LogP contribution in [0.5, 0.6) is 11.6 Å². The van der Waals surface area contributed by atoms with Gasteiger partial charge in [0, 0.05) is 12.5 Å². The highest BCUT2D eigenvalue weighted by molar-refractivity contribution is 6.48. The molecule has 1 aromatic carbocycles. The minimum atomic E-state index is -0.845. The van der Waals surface area contributed by atoms with Crippen LogP contribution >= 0.6 is 34.8 Å². The van der Waals surface area contributed by atoms with Crippen molar-refractivity contribution in [1.82, 2.24) is 4.98 Å². The van der Waals surface area contributed by atoms with Crippen LogP contribution in [0.4, 0.5) is 0 Å². The van der Waals surface area contributed by atoms with Crippen molar-refractivity contribution in [3.63, 3.8) is 0 Å². The molecule has 0 bridgehead atoms. The first kappa shape index (κ1) is 15.9. The molecule has 0 spiro atoms. The average Bonchev–Trinajstić information content (AvgIpc) is 3.18. The molecule has 0 amide bonds. The molecular formula is C16H14Cl3NO2. The molecule has 2 heterocycles. The molecule has 6 heteroatoms. The van der Waals surface area contributed by atoms with Gasteiger partial charge in [-0.15, -0.1) is 23.2 Å². The van der Waals surface area contributed by atoms with E-state index < -0.39 is 9.93 Å². The number of hydrogen-bond acceptors (Lipinski definition) is 3. The van der Waals surface area contributed by atoms with E-state index in [9.17, 15) is 0 Å². The van der Waals surface area contributed by atoms with Gasteiger partial charge in [0.05, 0.1) is 6.61 Å². The summed E-state index contributed by atoms with van der Waals surface area (Å²) in [4.78, 5) is 4.11. The molecule has 3 rings (SSSR count).